The molecule has 2 N–H and O–H groups in total. The van der Waals surface area contributed by atoms with Gasteiger partial charge in [-0.05, 0) is 41.6 Å². The molecule has 0 radical (unpaired) electrons. The molecule has 0 aromatic carbocycles. The van der Waals surface area contributed by atoms with Crippen molar-refractivity contribution in [2.24, 2.45) is 4.99 Å². The number of imide groups is 1. The number of thiophene rings is 1. The van der Waals surface area contributed by atoms with Crippen LogP contribution >= 0.6 is 11.3 Å². The Hall–Kier alpha value is -3.20. The van der Waals surface area contributed by atoms with Gasteiger partial charge in [-0.15, -0.1) is 11.3 Å². The minimum atomic E-state index is -1.47. The summed E-state index contributed by atoms with van der Waals surface area (Å²) in [4.78, 5) is 44.2. The number of fused-ring (bicyclic) bond motifs is 2. The number of hydrogen-bond acceptors (Lipinski definition) is 6. The van der Waals surface area contributed by atoms with Crippen molar-refractivity contribution in [1.29, 1.82) is 0 Å². The van der Waals surface area contributed by atoms with E-state index < -0.39 is 17.5 Å². The molecule has 4 amide bonds. The fourth-order valence-electron chi connectivity index (χ4n) is 3.77. The van der Waals surface area contributed by atoms with E-state index in [4.69, 9.17) is 4.42 Å². The van der Waals surface area contributed by atoms with Crippen LogP contribution in [0.25, 0.3) is 6.08 Å². The highest BCUT2D eigenvalue weighted by Gasteiger charge is 2.52. The molecule has 1 saturated heterocycles. The molecule has 1 fully saturated rings. The maximum atomic E-state index is 12.9. The van der Waals surface area contributed by atoms with E-state index in [2.05, 4.69) is 15.6 Å². The SMILES string of the molecule is O=C1NC(=O)C(CN2CCc3ccsc3C2=O)(c2cc3c(o2)C=CC=NC3)N1. The number of carbonyl (C=O) groups is 3. The molecule has 3 aliphatic rings. The first-order chi connectivity index (χ1) is 13.6. The fraction of sp³-hybridized carbons (Fsp3) is 0.263. The summed E-state index contributed by atoms with van der Waals surface area (Å²) in [6, 6.07) is 3.08. The molecule has 0 spiro atoms. The van der Waals surface area contributed by atoms with Gasteiger partial charge in [0.05, 0.1) is 18.0 Å². The molecule has 1 unspecified atom stereocenters. The van der Waals surface area contributed by atoms with Gasteiger partial charge in [0.2, 0.25) is 0 Å². The third kappa shape index (κ3) is 2.50. The van der Waals surface area contributed by atoms with Crippen molar-refractivity contribution in [2.75, 3.05) is 13.1 Å². The number of allylic oxidation sites excluding steroid dienone is 1. The molecular weight excluding hydrogens is 380 g/mol. The number of nitrogens with zero attached hydrogens (tertiary/aromatic N) is 2. The molecule has 0 saturated carbocycles. The summed E-state index contributed by atoms with van der Waals surface area (Å²) in [6.45, 7) is 0.886. The van der Waals surface area contributed by atoms with E-state index in [1.54, 1.807) is 29.3 Å². The van der Waals surface area contributed by atoms with Gasteiger partial charge in [0.25, 0.3) is 11.8 Å². The minimum Gasteiger partial charge on any atom is -0.458 e. The van der Waals surface area contributed by atoms with Gasteiger partial charge >= 0.3 is 6.03 Å². The van der Waals surface area contributed by atoms with Crippen molar-refractivity contribution in [3.63, 3.8) is 0 Å². The van der Waals surface area contributed by atoms with Crippen LogP contribution in [0.5, 0.6) is 0 Å². The monoisotopic (exact) mass is 396 g/mol. The number of carbonyl (C=O) groups excluding carboxylic acids is 3. The quantitative estimate of drug-likeness (QED) is 0.770. The van der Waals surface area contributed by atoms with Crippen LogP contribution in [-0.2, 0) is 23.3 Å². The highest BCUT2D eigenvalue weighted by molar-refractivity contribution is 7.12. The van der Waals surface area contributed by atoms with Gasteiger partial charge in [-0.1, -0.05) is 0 Å². The first kappa shape index (κ1) is 16.9. The smallest absolute Gasteiger partial charge is 0.322 e. The van der Waals surface area contributed by atoms with Crippen LogP contribution in [0.3, 0.4) is 0 Å². The lowest BCUT2D eigenvalue weighted by Gasteiger charge is -2.33. The van der Waals surface area contributed by atoms with E-state index >= 15 is 0 Å². The molecule has 142 valence electrons. The first-order valence-corrected chi connectivity index (χ1v) is 9.74. The van der Waals surface area contributed by atoms with E-state index in [1.807, 2.05) is 11.4 Å². The van der Waals surface area contributed by atoms with Crippen LogP contribution in [0.2, 0.25) is 0 Å². The predicted molar refractivity (Wildman–Crippen MR) is 102 cm³/mol. The number of hydrogen-bond donors (Lipinski definition) is 2. The minimum absolute atomic E-state index is 0.000121. The van der Waals surface area contributed by atoms with Crippen molar-refractivity contribution in [3.05, 3.63) is 51.1 Å². The largest absolute Gasteiger partial charge is 0.458 e. The van der Waals surface area contributed by atoms with E-state index in [9.17, 15) is 14.4 Å². The van der Waals surface area contributed by atoms with Gasteiger partial charge in [0.15, 0.2) is 5.54 Å². The number of amides is 4. The highest BCUT2D eigenvalue weighted by atomic mass is 32.1. The van der Waals surface area contributed by atoms with E-state index in [0.717, 1.165) is 11.1 Å². The summed E-state index contributed by atoms with van der Waals surface area (Å²) in [6.07, 6.45) is 5.91. The van der Waals surface area contributed by atoms with E-state index in [1.165, 1.54) is 11.3 Å². The van der Waals surface area contributed by atoms with Crippen LogP contribution in [0.15, 0.2) is 33.0 Å². The average Bonchev–Trinajstić information content (AvgIpc) is 3.33. The van der Waals surface area contributed by atoms with Crippen molar-refractivity contribution in [1.82, 2.24) is 15.5 Å². The standard InChI is InChI=1S/C19H16N4O4S/c24-16-15-11(4-7-28-15)3-6-23(16)10-19(17(25)21-18(26)22-19)14-8-12-9-20-5-1-2-13(12)27-14/h1-2,4-5,7-8H,3,6,9-10H2,(H2,21,22,25,26). The van der Waals surface area contributed by atoms with Crippen molar-refractivity contribution in [2.45, 2.75) is 18.5 Å². The molecule has 5 rings (SSSR count). The number of rotatable bonds is 3. The first-order valence-electron chi connectivity index (χ1n) is 8.86. The molecule has 8 nitrogen and oxygen atoms in total. The second kappa shape index (κ2) is 6.16. The van der Waals surface area contributed by atoms with Gasteiger partial charge in [0, 0.05) is 18.3 Å². The van der Waals surface area contributed by atoms with E-state index in [-0.39, 0.29) is 12.5 Å². The third-order valence-electron chi connectivity index (χ3n) is 5.21. The Labute approximate surface area is 163 Å². The summed E-state index contributed by atoms with van der Waals surface area (Å²) in [7, 11) is 0. The number of furan rings is 1. The van der Waals surface area contributed by atoms with Gasteiger partial charge in [0.1, 0.15) is 11.5 Å². The highest BCUT2D eigenvalue weighted by Crippen LogP contribution is 2.33. The van der Waals surface area contributed by atoms with Crippen LogP contribution in [-0.4, -0.2) is 42.0 Å². The van der Waals surface area contributed by atoms with Crippen LogP contribution in [0.1, 0.15) is 32.3 Å². The zero-order chi connectivity index (χ0) is 19.3. The lowest BCUT2D eigenvalue weighted by atomic mass is 9.93. The maximum absolute atomic E-state index is 12.9. The molecule has 3 aliphatic heterocycles. The van der Waals surface area contributed by atoms with Gasteiger partial charge in [-0.3, -0.25) is 19.9 Å². The molecule has 2 aromatic rings. The summed E-state index contributed by atoms with van der Waals surface area (Å²) in [5, 5.41) is 6.87. The van der Waals surface area contributed by atoms with Gasteiger partial charge in [-0.25, -0.2) is 4.79 Å². The Morgan fingerprint density at radius 3 is 3.00 bits per heavy atom. The van der Waals surface area contributed by atoms with Crippen molar-refractivity contribution >= 4 is 41.5 Å². The second-order valence-corrected chi connectivity index (χ2v) is 7.83. The van der Waals surface area contributed by atoms with Gasteiger partial charge in [-0.2, -0.15) is 0 Å². The maximum Gasteiger partial charge on any atom is 0.322 e. The Balaban J connectivity index is 1.53. The third-order valence-corrected chi connectivity index (χ3v) is 6.16. The average molecular weight is 396 g/mol. The lowest BCUT2D eigenvalue weighted by molar-refractivity contribution is -0.125. The molecule has 1 atom stereocenters. The lowest BCUT2D eigenvalue weighted by Crippen LogP contribution is -2.54. The van der Waals surface area contributed by atoms with Crippen molar-refractivity contribution < 1.29 is 18.8 Å². The number of urea groups is 1. The molecule has 28 heavy (non-hydrogen) atoms. The Bertz CT molecular complexity index is 1070. The summed E-state index contributed by atoms with van der Waals surface area (Å²) >= 11 is 1.39. The fourth-order valence-corrected chi connectivity index (χ4v) is 4.69. The number of aliphatic imine (C=N–C) groups is 1. The summed E-state index contributed by atoms with van der Waals surface area (Å²) < 4.78 is 5.95. The van der Waals surface area contributed by atoms with Crippen LogP contribution in [0, 0.1) is 0 Å². The normalized spacial score (nSPS) is 23.3. The van der Waals surface area contributed by atoms with E-state index in [0.29, 0.717) is 35.9 Å². The Kier molecular flexibility index (Phi) is 3.73. The molecular formula is C19H16N4O4S. The second-order valence-electron chi connectivity index (χ2n) is 6.91. The van der Waals surface area contributed by atoms with Crippen LogP contribution < -0.4 is 10.6 Å². The molecule has 0 aliphatic carbocycles. The van der Waals surface area contributed by atoms with Gasteiger partial charge < -0.3 is 14.6 Å². The molecule has 9 heteroatoms. The van der Waals surface area contributed by atoms with Crippen molar-refractivity contribution in [3.8, 4) is 0 Å². The molecule has 2 aromatic heterocycles. The Morgan fingerprint density at radius 1 is 1.29 bits per heavy atom. The summed E-state index contributed by atoms with van der Waals surface area (Å²) in [5.74, 6) is 0.222. The van der Waals surface area contributed by atoms with Crippen LogP contribution in [0.4, 0.5) is 4.79 Å². The summed E-state index contributed by atoms with van der Waals surface area (Å²) in [5.41, 5.74) is 0.373. The topological polar surface area (TPSA) is 104 Å². The zero-order valence-corrected chi connectivity index (χ0v) is 15.5. The molecule has 0 bridgehead atoms. The number of nitrogens with one attached hydrogen (secondary N) is 2. The molecule has 5 heterocycles. The zero-order valence-electron chi connectivity index (χ0n) is 14.7. The Morgan fingerprint density at radius 2 is 2.18 bits per heavy atom. The predicted octanol–water partition coefficient (Wildman–Crippen LogP) is 1.67.